The molecule has 0 aromatic heterocycles. The maximum Gasteiger partial charge on any atom is 0.352 e. The van der Waals surface area contributed by atoms with E-state index in [1.54, 1.807) is 0 Å². The molecule has 0 aliphatic heterocycles. The van der Waals surface area contributed by atoms with Gasteiger partial charge in [0.1, 0.15) is 12.4 Å². The zero-order valence-corrected chi connectivity index (χ0v) is 3.44. The van der Waals surface area contributed by atoms with Crippen molar-refractivity contribution in [1.29, 1.82) is 5.41 Å². The zero-order chi connectivity index (χ0) is 5.86. The number of nitrogens with one attached hydrogen (secondary N) is 1. The van der Waals surface area contributed by atoms with Crippen molar-refractivity contribution in [2.45, 2.75) is 0 Å². The molecular weight excluding hydrogens is 101 g/mol. The summed E-state index contributed by atoms with van der Waals surface area (Å²) in [6.45, 7) is -1.20. The van der Waals surface area contributed by atoms with Crippen LogP contribution < -0.4 is 0 Å². The first-order chi connectivity index (χ1) is 3.18. The van der Waals surface area contributed by atoms with Gasteiger partial charge in [0.05, 0.1) is 0 Å². The molecule has 0 aromatic carbocycles. The smallest absolute Gasteiger partial charge is 0.352 e. The number of aliphatic carboxylic acids is 1. The van der Waals surface area contributed by atoms with Crippen LogP contribution in [0.2, 0.25) is 0 Å². The number of carboxylic acid groups (broad SMARTS) is 1. The summed E-state index contributed by atoms with van der Waals surface area (Å²) in [5, 5.41) is 13.9. The third-order valence-electron chi connectivity index (χ3n) is 0.392. The molecule has 2 N–H and O–H groups in total. The van der Waals surface area contributed by atoms with Crippen LogP contribution in [-0.2, 0) is 4.79 Å². The van der Waals surface area contributed by atoms with Gasteiger partial charge in [-0.2, -0.15) is 0 Å². The molecule has 7 heavy (non-hydrogen) atoms. The van der Waals surface area contributed by atoms with E-state index in [4.69, 9.17) is 10.5 Å². The third kappa shape index (κ3) is 1.86. The third-order valence-corrected chi connectivity index (χ3v) is 0.392. The Morgan fingerprint density at radius 1 is 1.86 bits per heavy atom. The topological polar surface area (TPSA) is 61.2 Å². The monoisotopic (exact) mass is 105 g/mol. The number of hydrogen-bond donors (Lipinski definition) is 2. The lowest BCUT2D eigenvalue weighted by Crippen LogP contribution is -2.12. The van der Waals surface area contributed by atoms with Crippen LogP contribution in [0.4, 0.5) is 4.39 Å². The van der Waals surface area contributed by atoms with E-state index in [-0.39, 0.29) is 0 Å². The zero-order valence-electron chi connectivity index (χ0n) is 3.44. The Kier molecular flexibility index (Phi) is 1.98. The molecule has 0 aliphatic rings. The number of rotatable bonds is 2. The molecule has 40 valence electrons. The van der Waals surface area contributed by atoms with Crippen molar-refractivity contribution in [3.8, 4) is 0 Å². The second-order valence-corrected chi connectivity index (χ2v) is 0.917. The van der Waals surface area contributed by atoms with Crippen LogP contribution in [0.5, 0.6) is 0 Å². The Morgan fingerprint density at radius 2 is 2.29 bits per heavy atom. The van der Waals surface area contributed by atoms with Crippen LogP contribution >= 0.6 is 0 Å². The Labute approximate surface area is 39.3 Å². The minimum absolute atomic E-state index is 0.903. The lowest BCUT2D eigenvalue weighted by Gasteiger charge is -1.82. The summed E-state index contributed by atoms with van der Waals surface area (Å²) in [6, 6.07) is 0. The van der Waals surface area contributed by atoms with Crippen LogP contribution in [0.15, 0.2) is 0 Å². The van der Waals surface area contributed by atoms with Crippen LogP contribution in [-0.4, -0.2) is 23.5 Å². The van der Waals surface area contributed by atoms with E-state index in [0.717, 1.165) is 0 Å². The Morgan fingerprint density at radius 3 is 2.29 bits per heavy atom. The van der Waals surface area contributed by atoms with Crippen molar-refractivity contribution in [2.75, 3.05) is 6.67 Å². The maximum atomic E-state index is 11.0. The highest BCUT2D eigenvalue weighted by Crippen LogP contribution is 1.72. The van der Waals surface area contributed by atoms with Gasteiger partial charge in [0.2, 0.25) is 0 Å². The van der Waals surface area contributed by atoms with Crippen molar-refractivity contribution >= 4 is 11.7 Å². The van der Waals surface area contributed by atoms with Gasteiger partial charge >= 0.3 is 5.97 Å². The molecule has 0 bridgehead atoms. The summed E-state index contributed by atoms with van der Waals surface area (Å²) in [7, 11) is 0. The molecule has 0 aromatic rings. The van der Waals surface area contributed by atoms with E-state index in [2.05, 4.69) is 0 Å². The number of halogens is 1. The minimum Gasteiger partial charge on any atom is -0.477 e. The second-order valence-electron chi connectivity index (χ2n) is 0.917. The Bertz CT molecular complexity index is 101. The van der Waals surface area contributed by atoms with Gasteiger partial charge in [0.15, 0.2) is 0 Å². The number of carboxylic acids is 1. The lowest BCUT2D eigenvalue weighted by atomic mass is 10.4. The molecule has 0 rings (SSSR count). The predicted molar refractivity (Wildman–Crippen MR) is 21.3 cm³/mol. The van der Waals surface area contributed by atoms with Gasteiger partial charge in [-0.05, 0) is 0 Å². The van der Waals surface area contributed by atoms with E-state index < -0.39 is 18.4 Å². The fourth-order valence-electron chi connectivity index (χ4n) is 0.0572. The Hall–Kier alpha value is -0.930. The van der Waals surface area contributed by atoms with Crippen molar-refractivity contribution < 1.29 is 14.3 Å². The van der Waals surface area contributed by atoms with Gasteiger partial charge in [-0.15, -0.1) is 0 Å². The number of hydrogen-bond acceptors (Lipinski definition) is 2. The van der Waals surface area contributed by atoms with Gasteiger partial charge in [0, 0.05) is 0 Å². The summed E-state index contributed by atoms with van der Waals surface area (Å²) >= 11 is 0. The lowest BCUT2D eigenvalue weighted by molar-refractivity contribution is -0.129. The quantitative estimate of drug-likeness (QED) is 0.488. The fraction of sp³-hybridized carbons (Fsp3) is 0.333. The highest BCUT2D eigenvalue weighted by atomic mass is 19.1. The highest BCUT2D eigenvalue weighted by molar-refractivity contribution is 6.34. The first-order valence-electron chi connectivity index (χ1n) is 1.55. The largest absolute Gasteiger partial charge is 0.477 e. The SMILES string of the molecule is N=C(CF)C(=O)O. The average Bonchev–Trinajstić information content (AvgIpc) is 1.65. The number of carbonyl (C=O) groups is 1. The van der Waals surface area contributed by atoms with E-state index in [1.807, 2.05) is 0 Å². The summed E-state index contributed by atoms with van der Waals surface area (Å²) in [4.78, 5) is 9.47. The molecule has 0 heterocycles. The van der Waals surface area contributed by atoms with Crippen molar-refractivity contribution in [2.24, 2.45) is 0 Å². The van der Waals surface area contributed by atoms with Crippen molar-refractivity contribution in [3.05, 3.63) is 0 Å². The van der Waals surface area contributed by atoms with Gasteiger partial charge in [0.25, 0.3) is 0 Å². The summed E-state index contributed by atoms with van der Waals surface area (Å²) in [5.41, 5.74) is -0.903. The fourth-order valence-corrected chi connectivity index (χ4v) is 0.0572. The summed E-state index contributed by atoms with van der Waals surface area (Å²) in [6.07, 6.45) is 0. The maximum absolute atomic E-state index is 11.0. The van der Waals surface area contributed by atoms with Crippen molar-refractivity contribution in [1.82, 2.24) is 0 Å². The molecule has 0 saturated carbocycles. The first-order valence-corrected chi connectivity index (χ1v) is 1.55. The molecule has 0 aliphatic carbocycles. The predicted octanol–water partition coefficient (Wildman–Crippen LogP) is 0.0603. The van der Waals surface area contributed by atoms with Crippen LogP contribution in [0.25, 0.3) is 0 Å². The number of alkyl halides is 1. The molecule has 4 heteroatoms. The molecule has 0 spiro atoms. The first kappa shape index (κ1) is 6.07. The summed E-state index contributed by atoms with van der Waals surface area (Å²) in [5.74, 6) is -1.50. The van der Waals surface area contributed by atoms with Crippen LogP contribution in [0, 0.1) is 5.41 Å². The summed E-state index contributed by atoms with van der Waals surface area (Å²) < 4.78 is 11.0. The van der Waals surface area contributed by atoms with Gasteiger partial charge < -0.3 is 5.11 Å². The Balaban J connectivity index is 3.58. The molecule has 0 fully saturated rings. The molecule has 0 unspecified atom stereocenters. The van der Waals surface area contributed by atoms with E-state index >= 15 is 0 Å². The average molecular weight is 105 g/mol. The second kappa shape index (κ2) is 2.28. The molecule has 0 amide bonds. The van der Waals surface area contributed by atoms with Crippen LogP contribution in [0.3, 0.4) is 0 Å². The highest BCUT2D eigenvalue weighted by Gasteiger charge is 2.02. The van der Waals surface area contributed by atoms with Gasteiger partial charge in [-0.1, -0.05) is 0 Å². The normalized spacial score (nSPS) is 8.14. The van der Waals surface area contributed by atoms with Crippen molar-refractivity contribution in [3.63, 3.8) is 0 Å². The molecule has 0 radical (unpaired) electrons. The van der Waals surface area contributed by atoms with Gasteiger partial charge in [-0.25, -0.2) is 9.18 Å². The van der Waals surface area contributed by atoms with Crippen LogP contribution in [0.1, 0.15) is 0 Å². The molecule has 0 saturated heterocycles. The molecule has 3 nitrogen and oxygen atoms in total. The minimum atomic E-state index is -1.50. The van der Waals surface area contributed by atoms with Gasteiger partial charge in [-0.3, -0.25) is 5.41 Å². The standard InChI is InChI=1S/C3H4FNO2/c4-1-2(5)3(6)7/h5H,1H2,(H,6,7). The molecule has 0 atom stereocenters. The van der Waals surface area contributed by atoms with E-state index in [0.29, 0.717) is 0 Å². The van der Waals surface area contributed by atoms with E-state index in [9.17, 15) is 9.18 Å². The molecular formula is C3H4FNO2. The van der Waals surface area contributed by atoms with E-state index in [1.165, 1.54) is 0 Å².